The Balaban J connectivity index is 2.19. The molecule has 2 nitrogen and oxygen atoms in total. The van der Waals surface area contributed by atoms with E-state index in [1.807, 2.05) is 24.3 Å². The molecule has 0 fully saturated rings. The molecule has 0 amide bonds. The molecule has 2 aromatic rings. The predicted octanol–water partition coefficient (Wildman–Crippen LogP) is 5.16. The third kappa shape index (κ3) is 3.83. The van der Waals surface area contributed by atoms with Gasteiger partial charge in [-0.25, -0.2) is 4.39 Å². The zero-order valence-corrected chi connectivity index (χ0v) is 13.4. The summed E-state index contributed by atoms with van der Waals surface area (Å²) in [5.41, 5.74) is 1.81. The van der Waals surface area contributed by atoms with E-state index in [1.165, 1.54) is 6.07 Å². The van der Waals surface area contributed by atoms with Gasteiger partial charge in [-0.3, -0.25) is 0 Å². The first-order chi connectivity index (χ1) is 10.0. The summed E-state index contributed by atoms with van der Waals surface area (Å²) in [6.07, 6.45) is 0. The molecule has 0 radical (unpaired) electrons. The van der Waals surface area contributed by atoms with Gasteiger partial charge in [0.1, 0.15) is 18.2 Å². The molecule has 0 aliphatic heterocycles. The lowest BCUT2D eigenvalue weighted by molar-refractivity contribution is 0.295. The average molecular weight is 348 g/mol. The fraction of sp³-hybridized carbons (Fsp3) is 0.235. The van der Waals surface area contributed by atoms with Crippen LogP contribution in [0.4, 0.5) is 4.39 Å². The van der Waals surface area contributed by atoms with Gasteiger partial charge in [0.15, 0.2) is 0 Å². The van der Waals surface area contributed by atoms with E-state index in [9.17, 15) is 4.39 Å². The number of halogens is 2. The van der Waals surface area contributed by atoms with E-state index in [0.717, 1.165) is 15.8 Å². The Labute approximate surface area is 132 Å². The molecule has 21 heavy (non-hydrogen) atoms. The van der Waals surface area contributed by atoms with Gasteiger partial charge in [0.05, 0.1) is 11.6 Å². The molecular weight excluding hydrogens is 333 g/mol. The zero-order chi connectivity index (χ0) is 15.4. The van der Waals surface area contributed by atoms with Gasteiger partial charge in [0, 0.05) is 10.0 Å². The van der Waals surface area contributed by atoms with Crippen LogP contribution in [-0.4, -0.2) is 0 Å². The molecule has 0 bridgehead atoms. The Kier molecular flexibility index (Phi) is 4.98. The quantitative estimate of drug-likeness (QED) is 0.764. The molecule has 0 atom stereocenters. The van der Waals surface area contributed by atoms with Crippen molar-refractivity contribution in [1.29, 1.82) is 5.26 Å². The molecule has 0 aliphatic rings. The van der Waals surface area contributed by atoms with Gasteiger partial charge in [-0.1, -0.05) is 35.8 Å². The fourth-order valence-electron chi connectivity index (χ4n) is 1.99. The number of nitriles is 1. The smallest absolute Gasteiger partial charge is 0.131 e. The molecular formula is C17H15BrFNO. The molecule has 108 valence electrons. The Hall–Kier alpha value is -1.86. The molecule has 2 rings (SSSR count). The maximum absolute atomic E-state index is 13.8. The maximum Gasteiger partial charge on any atom is 0.131 e. The average Bonchev–Trinajstić information content (AvgIpc) is 2.46. The second-order valence-corrected chi connectivity index (χ2v) is 5.96. The summed E-state index contributed by atoms with van der Waals surface area (Å²) in [5.74, 6) is 0.637. The first-order valence-corrected chi connectivity index (χ1v) is 7.41. The van der Waals surface area contributed by atoms with E-state index < -0.39 is 5.82 Å². The lowest BCUT2D eigenvalue weighted by Gasteiger charge is -2.15. The highest BCUT2D eigenvalue weighted by atomic mass is 79.9. The van der Waals surface area contributed by atoms with Gasteiger partial charge in [-0.15, -0.1) is 0 Å². The first-order valence-electron chi connectivity index (χ1n) is 6.62. The van der Waals surface area contributed by atoms with Gasteiger partial charge in [-0.05, 0) is 41.8 Å². The van der Waals surface area contributed by atoms with Crippen LogP contribution in [0.1, 0.15) is 36.5 Å². The molecule has 4 heteroatoms. The van der Waals surface area contributed by atoms with Crippen molar-refractivity contribution in [3.05, 3.63) is 63.4 Å². The standard InChI is InChI=1S/C17H15BrFNO/c1-11(2)15-8-14(18)5-6-17(15)21-10-13-4-3-12(9-20)7-16(13)19/h3-8,11H,10H2,1-2H3. The molecule has 0 aliphatic carbocycles. The van der Waals surface area contributed by atoms with Gasteiger partial charge in [0.2, 0.25) is 0 Å². The van der Waals surface area contributed by atoms with Crippen molar-refractivity contribution < 1.29 is 9.13 Å². The molecule has 0 spiro atoms. The summed E-state index contributed by atoms with van der Waals surface area (Å²) in [6, 6.07) is 12.1. The van der Waals surface area contributed by atoms with Crippen molar-refractivity contribution in [2.75, 3.05) is 0 Å². The van der Waals surface area contributed by atoms with E-state index in [1.54, 1.807) is 12.1 Å². The number of hydrogen-bond donors (Lipinski definition) is 0. The second-order valence-electron chi connectivity index (χ2n) is 5.04. The van der Waals surface area contributed by atoms with Crippen LogP contribution in [0, 0.1) is 17.1 Å². The zero-order valence-electron chi connectivity index (χ0n) is 11.9. The minimum Gasteiger partial charge on any atom is -0.489 e. The summed E-state index contributed by atoms with van der Waals surface area (Å²) in [7, 11) is 0. The van der Waals surface area contributed by atoms with Crippen molar-refractivity contribution in [3.63, 3.8) is 0 Å². The minimum absolute atomic E-state index is 0.138. The Bertz CT molecular complexity index is 692. The normalized spacial score (nSPS) is 10.5. The van der Waals surface area contributed by atoms with Crippen molar-refractivity contribution in [1.82, 2.24) is 0 Å². The van der Waals surface area contributed by atoms with Crippen LogP contribution in [0.25, 0.3) is 0 Å². The van der Waals surface area contributed by atoms with Gasteiger partial charge in [0.25, 0.3) is 0 Å². The van der Waals surface area contributed by atoms with E-state index in [2.05, 4.69) is 29.8 Å². The number of rotatable bonds is 4. The van der Waals surface area contributed by atoms with E-state index in [4.69, 9.17) is 10.00 Å². The number of ether oxygens (including phenoxy) is 1. The maximum atomic E-state index is 13.8. The third-order valence-electron chi connectivity index (χ3n) is 3.16. The lowest BCUT2D eigenvalue weighted by atomic mass is 10.0. The SMILES string of the molecule is CC(C)c1cc(Br)ccc1OCc1ccc(C#N)cc1F. The monoisotopic (exact) mass is 347 g/mol. The summed E-state index contributed by atoms with van der Waals surface area (Å²) in [5, 5.41) is 8.73. The highest BCUT2D eigenvalue weighted by Gasteiger charge is 2.10. The van der Waals surface area contributed by atoms with Crippen LogP contribution in [0.3, 0.4) is 0 Å². The number of benzene rings is 2. The first kappa shape index (κ1) is 15.5. The highest BCUT2D eigenvalue weighted by Crippen LogP contribution is 2.30. The van der Waals surface area contributed by atoms with Crippen molar-refractivity contribution >= 4 is 15.9 Å². The predicted molar refractivity (Wildman–Crippen MR) is 83.7 cm³/mol. The fourth-order valence-corrected chi connectivity index (χ4v) is 2.37. The Morgan fingerprint density at radius 2 is 2.00 bits per heavy atom. The van der Waals surface area contributed by atoms with E-state index >= 15 is 0 Å². The molecule has 0 N–H and O–H groups in total. The van der Waals surface area contributed by atoms with Gasteiger partial charge >= 0.3 is 0 Å². The van der Waals surface area contributed by atoms with E-state index in [-0.39, 0.29) is 6.61 Å². The van der Waals surface area contributed by atoms with Crippen LogP contribution in [0.2, 0.25) is 0 Å². The van der Waals surface area contributed by atoms with Crippen molar-refractivity contribution in [2.24, 2.45) is 0 Å². The summed E-state index contributed by atoms with van der Waals surface area (Å²) < 4.78 is 20.6. The largest absolute Gasteiger partial charge is 0.489 e. The number of hydrogen-bond acceptors (Lipinski definition) is 2. The molecule has 0 unspecified atom stereocenters. The second kappa shape index (κ2) is 6.73. The van der Waals surface area contributed by atoms with Crippen LogP contribution in [0.5, 0.6) is 5.75 Å². The van der Waals surface area contributed by atoms with Gasteiger partial charge < -0.3 is 4.74 Å². The van der Waals surface area contributed by atoms with Gasteiger partial charge in [-0.2, -0.15) is 5.26 Å². The van der Waals surface area contributed by atoms with Crippen molar-refractivity contribution in [2.45, 2.75) is 26.4 Å². The minimum atomic E-state index is -0.419. The third-order valence-corrected chi connectivity index (χ3v) is 3.65. The lowest BCUT2D eigenvalue weighted by Crippen LogP contribution is -2.02. The van der Waals surface area contributed by atoms with Crippen molar-refractivity contribution in [3.8, 4) is 11.8 Å². The molecule has 0 heterocycles. The molecule has 2 aromatic carbocycles. The molecule has 0 aromatic heterocycles. The summed E-state index contributed by atoms with van der Waals surface area (Å²) >= 11 is 3.44. The van der Waals surface area contributed by atoms with Crippen LogP contribution < -0.4 is 4.74 Å². The topological polar surface area (TPSA) is 33.0 Å². The van der Waals surface area contributed by atoms with Crippen LogP contribution >= 0.6 is 15.9 Å². The van der Waals surface area contributed by atoms with Crippen LogP contribution in [-0.2, 0) is 6.61 Å². The summed E-state index contributed by atoms with van der Waals surface area (Å²) in [4.78, 5) is 0. The molecule has 0 saturated carbocycles. The molecule has 0 saturated heterocycles. The van der Waals surface area contributed by atoms with E-state index in [0.29, 0.717) is 17.0 Å². The highest BCUT2D eigenvalue weighted by molar-refractivity contribution is 9.10. The van der Waals surface area contributed by atoms with Crippen LogP contribution in [0.15, 0.2) is 40.9 Å². The Morgan fingerprint density at radius 3 is 2.62 bits per heavy atom. The number of nitrogens with zero attached hydrogens (tertiary/aromatic N) is 1. The summed E-state index contributed by atoms with van der Waals surface area (Å²) in [6.45, 7) is 4.30. The Morgan fingerprint density at radius 1 is 1.24 bits per heavy atom.